The molecular weight excluding hydrogens is 1040 g/mol. The number of hydrogen-bond donors (Lipinski definition) is 6. The Labute approximate surface area is 469 Å². The molecule has 8 heterocycles. The van der Waals surface area contributed by atoms with Crippen molar-refractivity contribution in [3.63, 3.8) is 0 Å². The molecule has 2 aromatic carbocycles. The van der Waals surface area contributed by atoms with Crippen LogP contribution in [-0.4, -0.2) is 150 Å². The number of unbranched alkanes of at least 4 members (excludes halogenated alkanes) is 1. The molecule has 6 aromatic rings. The summed E-state index contributed by atoms with van der Waals surface area (Å²) >= 11 is 1.57. The highest BCUT2D eigenvalue weighted by atomic mass is 32.1. The Balaban J connectivity index is 0.637. The van der Waals surface area contributed by atoms with E-state index in [2.05, 4.69) is 46.0 Å². The molecule has 0 unspecified atom stereocenters. The molecule has 4 aliphatic heterocycles. The van der Waals surface area contributed by atoms with Gasteiger partial charge in [0.1, 0.15) is 29.4 Å². The summed E-state index contributed by atoms with van der Waals surface area (Å²) in [5, 5.41) is 34.7. The number of imidazole rings is 1. The van der Waals surface area contributed by atoms with Gasteiger partial charge in [0.05, 0.1) is 68.9 Å². The summed E-state index contributed by atoms with van der Waals surface area (Å²) in [6.45, 7) is 13.9. The SMILES string of the molecule is Cc1ncsc1-c1ccc([C@H](C)NC(=O)[C@@H]2C[C@@H](O)CN2C(=O)[C@@H](NC(=O)CCCCC(=O)N2CCN(CC3(O)CCN(c4ccc(Nc5ccc(-c6cnc7cc(F)ccn67)c6c5C(=O)NC6)nc4)CC3)CC2)C(C)(C)C)cc1. The van der Waals surface area contributed by atoms with Crippen LogP contribution in [0.1, 0.15) is 106 Å². The number of piperazine rings is 1. The van der Waals surface area contributed by atoms with Crippen molar-refractivity contribution in [2.24, 2.45) is 5.41 Å². The van der Waals surface area contributed by atoms with Gasteiger partial charge in [-0.1, -0.05) is 51.1 Å². The first-order chi connectivity index (χ1) is 38.3. The number of aromatic nitrogens is 4. The summed E-state index contributed by atoms with van der Waals surface area (Å²) in [5.74, 6) is -1.08. The number of β-amino-alcohol motifs (C(OH)–C–C–N with tert-alkyl or cyclic N) is 2. The van der Waals surface area contributed by atoms with E-state index in [4.69, 9.17) is 0 Å². The molecule has 422 valence electrons. The summed E-state index contributed by atoms with van der Waals surface area (Å²) in [6, 6.07) is 16.1. The van der Waals surface area contributed by atoms with Gasteiger partial charge in [-0.25, -0.2) is 19.3 Å². The highest BCUT2D eigenvalue weighted by Crippen LogP contribution is 2.37. The Hall–Kier alpha value is -7.33. The third kappa shape index (κ3) is 12.3. The average Bonchev–Trinajstić information content (AvgIpc) is 4.26. The van der Waals surface area contributed by atoms with Crippen LogP contribution in [0, 0.1) is 18.2 Å². The molecule has 5 amide bonds. The first kappa shape index (κ1) is 56.0. The number of carbonyl (C=O) groups is 5. The van der Waals surface area contributed by atoms with Crippen LogP contribution in [0.4, 0.5) is 21.6 Å². The Bertz CT molecular complexity index is 3250. The molecule has 21 heteroatoms. The molecule has 0 radical (unpaired) electrons. The van der Waals surface area contributed by atoms with Crippen LogP contribution in [0.5, 0.6) is 0 Å². The van der Waals surface area contributed by atoms with Crippen LogP contribution < -0.4 is 26.2 Å². The lowest BCUT2D eigenvalue weighted by Gasteiger charge is -2.43. The highest BCUT2D eigenvalue weighted by Gasteiger charge is 2.45. The number of aryl methyl sites for hydroxylation is 1. The van der Waals surface area contributed by atoms with Gasteiger partial charge in [0.2, 0.25) is 23.6 Å². The van der Waals surface area contributed by atoms with Crippen molar-refractivity contribution < 1.29 is 38.6 Å². The fourth-order valence-corrected chi connectivity index (χ4v) is 12.3. The first-order valence-electron chi connectivity index (χ1n) is 27.7. The maximum Gasteiger partial charge on any atom is 0.254 e. The van der Waals surface area contributed by atoms with Gasteiger partial charge in [-0.05, 0) is 85.9 Å². The third-order valence-corrected chi connectivity index (χ3v) is 17.1. The van der Waals surface area contributed by atoms with E-state index in [9.17, 15) is 38.6 Å². The Morgan fingerprint density at radius 2 is 1.66 bits per heavy atom. The maximum absolute atomic E-state index is 14.2. The van der Waals surface area contributed by atoms with Crippen LogP contribution in [0.2, 0.25) is 0 Å². The standard InChI is InChI=1S/C59H71FN12O7S/c1-36(38-10-12-39(13-11-38)53-37(2)64-35-80-53)65-55(76)46-29-42(73)33-72(46)57(78)54(58(3,4)5)67-50(74)8-6-7-9-51(75)70-26-24-68(25-27-70)34-59(79)19-22-69(23-20-59)41-14-17-48(61-30-41)66-45-16-15-43(44-31-63-56(77)52(44)45)47-32-62-49-28-40(60)18-21-71(47)49/h10-18,21,28,30,32,35-36,42,46,54,73,79H,6-9,19-20,22-27,29,31,33-34H2,1-5H3,(H,61,66)(H,63,77)(H,65,76)(H,67,74)/t36-,42+,46-,54+/m0/s1. The van der Waals surface area contributed by atoms with Gasteiger partial charge in [-0.2, -0.15) is 0 Å². The molecule has 6 N–H and O–H groups in total. The highest BCUT2D eigenvalue weighted by molar-refractivity contribution is 7.13. The predicted molar refractivity (Wildman–Crippen MR) is 304 cm³/mol. The molecule has 3 saturated heterocycles. The van der Waals surface area contributed by atoms with E-state index in [1.165, 1.54) is 17.0 Å². The van der Waals surface area contributed by atoms with Gasteiger partial charge >= 0.3 is 0 Å². The number of halogens is 1. The third-order valence-electron chi connectivity index (χ3n) is 16.1. The van der Waals surface area contributed by atoms with Crippen molar-refractivity contribution >= 4 is 63.7 Å². The van der Waals surface area contributed by atoms with Crippen molar-refractivity contribution in [1.29, 1.82) is 0 Å². The number of piperidine rings is 1. The number of nitrogens with zero attached hydrogens (tertiary/aromatic N) is 8. The summed E-state index contributed by atoms with van der Waals surface area (Å²) < 4.78 is 15.7. The molecular formula is C59H71FN12O7S. The quantitative estimate of drug-likeness (QED) is 0.0547. The van der Waals surface area contributed by atoms with Gasteiger partial charge in [-0.15, -0.1) is 11.3 Å². The number of anilines is 3. The van der Waals surface area contributed by atoms with Crippen molar-refractivity contribution in [1.82, 2.24) is 50.0 Å². The maximum atomic E-state index is 14.2. The van der Waals surface area contributed by atoms with Crippen molar-refractivity contribution in [2.75, 3.05) is 62.6 Å². The number of nitrogens with one attached hydrogen (secondary N) is 4. The topological polar surface area (TPSA) is 230 Å². The predicted octanol–water partition coefficient (Wildman–Crippen LogP) is 6.36. The lowest BCUT2D eigenvalue weighted by molar-refractivity contribution is -0.144. The van der Waals surface area contributed by atoms with Crippen LogP contribution in [0.15, 0.2) is 84.8 Å². The second-order valence-corrected chi connectivity index (χ2v) is 23.8. The van der Waals surface area contributed by atoms with Gasteiger partial charge in [0.15, 0.2) is 0 Å². The van der Waals surface area contributed by atoms with Crippen molar-refractivity contribution in [2.45, 2.75) is 116 Å². The Morgan fingerprint density at radius 3 is 2.36 bits per heavy atom. The minimum atomic E-state index is -0.947. The molecule has 19 nitrogen and oxygen atoms in total. The second-order valence-electron chi connectivity index (χ2n) is 22.9. The van der Waals surface area contributed by atoms with Gasteiger partial charge in [-0.3, -0.25) is 33.3 Å². The molecule has 10 rings (SSSR count). The number of fused-ring (bicyclic) bond motifs is 2. The average molecular weight is 1110 g/mol. The number of rotatable bonds is 17. The second kappa shape index (κ2) is 23.4. The molecule has 4 atom stereocenters. The van der Waals surface area contributed by atoms with E-state index in [0.717, 1.165) is 44.2 Å². The number of aliphatic hydroxyl groups is 2. The van der Waals surface area contributed by atoms with E-state index in [1.807, 2.05) is 93.6 Å². The van der Waals surface area contributed by atoms with Crippen molar-refractivity contribution in [3.8, 4) is 21.7 Å². The number of thiazole rings is 1. The Morgan fingerprint density at radius 1 is 0.912 bits per heavy atom. The monoisotopic (exact) mass is 1110 g/mol. The number of pyridine rings is 2. The molecule has 4 aliphatic rings. The van der Waals surface area contributed by atoms with E-state index in [-0.39, 0.29) is 54.9 Å². The molecule has 0 aliphatic carbocycles. The van der Waals surface area contributed by atoms with E-state index < -0.39 is 35.1 Å². The van der Waals surface area contributed by atoms with Crippen LogP contribution in [-0.2, 0) is 25.7 Å². The number of aliphatic hydroxyl groups excluding tert-OH is 1. The largest absolute Gasteiger partial charge is 0.391 e. The minimum Gasteiger partial charge on any atom is -0.391 e. The molecule has 0 saturated carbocycles. The zero-order valence-electron chi connectivity index (χ0n) is 46.0. The van der Waals surface area contributed by atoms with E-state index >= 15 is 0 Å². The fourth-order valence-electron chi connectivity index (χ4n) is 11.5. The molecule has 0 bridgehead atoms. The Kier molecular flexibility index (Phi) is 16.4. The number of amides is 5. The van der Waals surface area contributed by atoms with E-state index in [1.54, 1.807) is 34.3 Å². The van der Waals surface area contributed by atoms with Gasteiger partial charge in [0.25, 0.3) is 5.91 Å². The summed E-state index contributed by atoms with van der Waals surface area (Å²) in [4.78, 5) is 89.9. The minimum absolute atomic E-state index is 0.0214. The van der Waals surface area contributed by atoms with Gasteiger partial charge < -0.3 is 46.2 Å². The molecule has 4 aromatic heterocycles. The summed E-state index contributed by atoms with van der Waals surface area (Å²) in [5.41, 5.74) is 8.10. The number of carbonyl (C=O) groups excluding carboxylic acids is 5. The number of likely N-dealkylation sites (tertiary alicyclic amines) is 1. The van der Waals surface area contributed by atoms with Gasteiger partial charge in [0, 0.05) is 96.0 Å². The molecule has 3 fully saturated rings. The van der Waals surface area contributed by atoms with Crippen molar-refractivity contribution in [3.05, 3.63) is 113 Å². The van der Waals surface area contributed by atoms with Crippen LogP contribution in [0.3, 0.4) is 0 Å². The lowest BCUT2D eigenvalue weighted by Crippen LogP contribution is -2.57. The zero-order chi connectivity index (χ0) is 56.5. The number of hydrogen-bond acceptors (Lipinski definition) is 14. The van der Waals surface area contributed by atoms with Crippen LogP contribution in [0.25, 0.3) is 27.3 Å². The summed E-state index contributed by atoms with van der Waals surface area (Å²) in [6.07, 6.45) is 6.83. The van der Waals surface area contributed by atoms with E-state index in [0.29, 0.717) is 107 Å². The molecule has 80 heavy (non-hydrogen) atoms. The smallest absolute Gasteiger partial charge is 0.254 e. The number of benzene rings is 2. The molecule has 0 spiro atoms. The fraction of sp³-hybridized carbons (Fsp3) is 0.458. The first-order valence-corrected chi connectivity index (χ1v) is 28.5. The normalized spacial score (nSPS) is 19.1. The van der Waals surface area contributed by atoms with Crippen LogP contribution >= 0.6 is 11.3 Å². The summed E-state index contributed by atoms with van der Waals surface area (Å²) in [7, 11) is 0. The lowest BCUT2D eigenvalue weighted by atomic mass is 9.85. The zero-order valence-corrected chi connectivity index (χ0v) is 46.8.